The van der Waals surface area contributed by atoms with E-state index in [1.807, 2.05) is 79.0 Å². The minimum absolute atomic E-state index is 0.0990. The van der Waals surface area contributed by atoms with Gasteiger partial charge in [-0.1, -0.05) is 48.5 Å². The van der Waals surface area contributed by atoms with Crippen molar-refractivity contribution in [2.45, 2.75) is 32.5 Å². The Hall–Kier alpha value is -4.30. The standard InChI is InChI=1S/C31H34N3O5/c1-22(35)34(18-24-8-4-7-11-30(24)38-3)19-26(16-25-17-32-29-10-6-5-9-28(25)29)33-31(36)21-39-27-14-12-23(13-15-27)20-37-2/h4-15,17,26H,16,18-21H2,1-3H3,(H,33,36). The number of benzene rings is 3. The van der Waals surface area contributed by atoms with Gasteiger partial charge in [-0.15, -0.1) is 0 Å². The second kappa shape index (κ2) is 13.5. The maximum absolute atomic E-state index is 13.0. The van der Waals surface area contributed by atoms with Gasteiger partial charge in [-0.25, -0.2) is 0 Å². The minimum Gasteiger partial charge on any atom is -0.496 e. The molecule has 8 heteroatoms. The van der Waals surface area contributed by atoms with Crippen LogP contribution in [0.15, 0.2) is 79.0 Å². The second-order valence-electron chi connectivity index (χ2n) is 9.35. The summed E-state index contributed by atoms with van der Waals surface area (Å²) in [6.45, 7) is 2.56. The normalized spacial score (nSPS) is 12.5. The number of carbonyl (C=O) groups is 2. The van der Waals surface area contributed by atoms with Crippen molar-refractivity contribution in [3.63, 3.8) is 0 Å². The molecule has 1 aliphatic heterocycles. The molecule has 39 heavy (non-hydrogen) atoms. The lowest BCUT2D eigenvalue weighted by Crippen LogP contribution is -2.46. The van der Waals surface area contributed by atoms with E-state index in [9.17, 15) is 9.59 Å². The van der Waals surface area contributed by atoms with Crippen LogP contribution in [0.2, 0.25) is 0 Å². The molecule has 2 amide bonds. The molecule has 1 atom stereocenters. The third-order valence-corrected chi connectivity index (χ3v) is 6.49. The van der Waals surface area contributed by atoms with Crippen LogP contribution in [0.4, 0.5) is 5.69 Å². The first-order chi connectivity index (χ1) is 19.0. The first kappa shape index (κ1) is 27.7. The first-order valence-electron chi connectivity index (χ1n) is 12.8. The third kappa shape index (κ3) is 7.61. The van der Waals surface area contributed by atoms with Gasteiger partial charge in [0.15, 0.2) is 6.61 Å². The summed E-state index contributed by atoms with van der Waals surface area (Å²) in [5, 5.41) is 7.59. The monoisotopic (exact) mass is 528 g/mol. The number of carbonyl (C=O) groups excluding carboxylic acids is 2. The second-order valence-corrected chi connectivity index (χ2v) is 9.35. The summed E-state index contributed by atoms with van der Waals surface area (Å²) in [6.07, 6.45) is 2.34. The van der Waals surface area contributed by atoms with Gasteiger partial charge in [0.2, 0.25) is 5.91 Å². The molecule has 8 nitrogen and oxygen atoms in total. The molecule has 0 fully saturated rings. The van der Waals surface area contributed by atoms with Crippen molar-refractivity contribution < 1.29 is 23.8 Å². The third-order valence-electron chi connectivity index (χ3n) is 6.49. The highest BCUT2D eigenvalue weighted by Crippen LogP contribution is 2.33. The topological polar surface area (TPSA) is 91.2 Å². The molecule has 0 aromatic heterocycles. The summed E-state index contributed by atoms with van der Waals surface area (Å²) in [6, 6.07) is 22.6. The van der Waals surface area contributed by atoms with Crippen LogP contribution in [0.1, 0.15) is 30.0 Å². The number of rotatable bonds is 13. The van der Waals surface area contributed by atoms with E-state index in [-0.39, 0.29) is 24.5 Å². The van der Waals surface area contributed by atoms with Crippen LogP contribution in [0, 0.1) is 0 Å². The number of para-hydroxylation sites is 2. The van der Waals surface area contributed by atoms with Gasteiger partial charge in [-0.05, 0) is 41.8 Å². The van der Waals surface area contributed by atoms with Crippen LogP contribution in [-0.4, -0.2) is 50.1 Å². The molecule has 1 aliphatic rings. The lowest BCUT2D eigenvalue weighted by atomic mass is 9.99. The zero-order valence-corrected chi connectivity index (χ0v) is 22.6. The lowest BCUT2D eigenvalue weighted by molar-refractivity contribution is -0.131. The summed E-state index contributed by atoms with van der Waals surface area (Å²) in [5.41, 5.74) is 4.84. The van der Waals surface area contributed by atoms with Crippen LogP contribution in [0.25, 0.3) is 5.57 Å². The quantitative estimate of drug-likeness (QED) is 0.354. The van der Waals surface area contributed by atoms with Gasteiger partial charge in [0.05, 0.1) is 25.4 Å². The maximum atomic E-state index is 13.0. The van der Waals surface area contributed by atoms with Crippen LogP contribution in [0.5, 0.6) is 11.5 Å². The van der Waals surface area contributed by atoms with E-state index < -0.39 is 0 Å². The highest BCUT2D eigenvalue weighted by Gasteiger charge is 2.24. The van der Waals surface area contributed by atoms with Crippen molar-refractivity contribution in [3.8, 4) is 11.5 Å². The Morgan fingerprint density at radius 2 is 1.72 bits per heavy atom. The Kier molecular flexibility index (Phi) is 9.58. The van der Waals surface area contributed by atoms with E-state index in [0.717, 1.165) is 28.0 Å². The average Bonchev–Trinajstić information content (AvgIpc) is 3.35. The Balaban J connectivity index is 1.47. The van der Waals surface area contributed by atoms with E-state index in [1.165, 1.54) is 6.92 Å². The molecular formula is C31H34N3O5. The summed E-state index contributed by atoms with van der Waals surface area (Å²) in [7, 11) is 3.25. The van der Waals surface area contributed by atoms with E-state index in [4.69, 9.17) is 14.2 Å². The molecular weight excluding hydrogens is 494 g/mol. The van der Waals surface area contributed by atoms with Crippen molar-refractivity contribution in [2.75, 3.05) is 27.4 Å². The number of fused-ring (bicyclic) bond motifs is 1. The van der Waals surface area contributed by atoms with E-state index in [1.54, 1.807) is 19.1 Å². The molecule has 3 aromatic rings. The largest absolute Gasteiger partial charge is 0.496 e. The zero-order valence-electron chi connectivity index (χ0n) is 22.6. The van der Waals surface area contributed by atoms with E-state index >= 15 is 0 Å². The molecule has 1 heterocycles. The maximum Gasteiger partial charge on any atom is 0.258 e. The van der Waals surface area contributed by atoms with Gasteiger partial charge in [0.1, 0.15) is 11.5 Å². The first-order valence-corrected chi connectivity index (χ1v) is 12.8. The molecule has 0 bridgehead atoms. The Morgan fingerprint density at radius 3 is 2.46 bits per heavy atom. The van der Waals surface area contributed by atoms with E-state index in [2.05, 4.69) is 10.6 Å². The Morgan fingerprint density at radius 1 is 0.974 bits per heavy atom. The lowest BCUT2D eigenvalue weighted by Gasteiger charge is -2.28. The molecule has 0 saturated heterocycles. The highest BCUT2D eigenvalue weighted by atomic mass is 16.5. The molecule has 0 spiro atoms. The van der Waals surface area contributed by atoms with Gasteiger partial charge in [-0.2, -0.15) is 0 Å². The number of hydrogen-bond donors (Lipinski definition) is 1. The van der Waals surface area contributed by atoms with Crippen molar-refractivity contribution in [2.24, 2.45) is 0 Å². The summed E-state index contributed by atoms with van der Waals surface area (Å²) in [4.78, 5) is 27.4. The summed E-state index contributed by atoms with van der Waals surface area (Å²) < 4.78 is 16.3. The molecule has 203 valence electrons. The minimum atomic E-state index is -0.364. The highest BCUT2D eigenvalue weighted by molar-refractivity contribution is 5.81. The van der Waals surface area contributed by atoms with Gasteiger partial charge in [-0.3, -0.25) is 14.9 Å². The number of nitrogens with one attached hydrogen (secondary N) is 1. The number of amides is 2. The van der Waals surface area contributed by atoms with Crippen LogP contribution in [0.3, 0.4) is 0 Å². The predicted octanol–water partition coefficient (Wildman–Crippen LogP) is 4.43. The average molecular weight is 529 g/mol. The van der Waals surface area contributed by atoms with Crippen LogP contribution < -0.4 is 20.1 Å². The fourth-order valence-electron chi connectivity index (χ4n) is 4.54. The number of methoxy groups -OCH3 is 2. The van der Waals surface area contributed by atoms with Crippen molar-refractivity contribution in [1.29, 1.82) is 0 Å². The fourth-order valence-corrected chi connectivity index (χ4v) is 4.54. The summed E-state index contributed by atoms with van der Waals surface area (Å²) >= 11 is 0. The Bertz CT molecular complexity index is 1310. The Labute approximate surface area is 229 Å². The van der Waals surface area contributed by atoms with Crippen molar-refractivity contribution >= 4 is 23.1 Å². The van der Waals surface area contributed by atoms with Gasteiger partial charge in [0.25, 0.3) is 5.91 Å². The van der Waals surface area contributed by atoms with Crippen molar-refractivity contribution in [3.05, 3.63) is 95.7 Å². The number of nitrogens with zero attached hydrogens (tertiary/aromatic N) is 2. The molecule has 1 N–H and O–H groups in total. The predicted molar refractivity (Wildman–Crippen MR) is 149 cm³/mol. The summed E-state index contributed by atoms with van der Waals surface area (Å²) in [5.74, 6) is 0.929. The molecule has 4 rings (SSSR count). The van der Waals surface area contributed by atoms with Gasteiger partial charge < -0.3 is 24.4 Å². The molecule has 0 aliphatic carbocycles. The zero-order chi connectivity index (χ0) is 27.6. The molecule has 3 aromatic carbocycles. The SMILES string of the molecule is COCc1ccc(OCC(=O)NC(CC2=C[N]c3ccccc32)CN(Cc2ccccc2OC)C(C)=O)cc1. The van der Waals surface area contributed by atoms with E-state index in [0.29, 0.717) is 37.6 Å². The molecule has 0 saturated carbocycles. The number of ether oxygens (including phenoxy) is 3. The fraction of sp³-hybridized carbons (Fsp3) is 0.290. The smallest absolute Gasteiger partial charge is 0.258 e. The number of hydrogen-bond acceptors (Lipinski definition) is 5. The van der Waals surface area contributed by atoms with Gasteiger partial charge in [0, 0.05) is 44.4 Å². The molecule has 1 unspecified atom stereocenters. The van der Waals surface area contributed by atoms with Gasteiger partial charge >= 0.3 is 0 Å². The van der Waals surface area contributed by atoms with Crippen molar-refractivity contribution in [1.82, 2.24) is 15.5 Å². The van der Waals surface area contributed by atoms with Crippen LogP contribution >= 0.6 is 0 Å². The molecule has 1 radical (unpaired) electrons. The van der Waals surface area contributed by atoms with Crippen LogP contribution in [-0.2, 0) is 27.5 Å².